The second kappa shape index (κ2) is 12.6. The molecule has 8 bridgehead atoms. The number of carboxylic acids is 2. The van der Waals surface area contributed by atoms with Crippen molar-refractivity contribution in [2.45, 2.75) is 66.7 Å². The Balaban J connectivity index is 0.00000423. The zero-order valence-electron chi connectivity index (χ0n) is 25.3. The third kappa shape index (κ3) is 6.05. The van der Waals surface area contributed by atoms with E-state index in [1.165, 1.54) is 0 Å². The standard InChI is InChI=1S/C34H36N4O4.Zn/c1-7-21-17(3)25-13-26-19(5)23(9-11-33(39)40)31(37-26)16-32-24(10-12-34(41)42)20(6)28(38-32)15-30-22(8-2)18(4)27(36-30)14-29(21)35-25;/h7,13-16H,1,8-12H2,2-6H3,(H4,35,36,37,38,39,40,41,42);/q;+2/p-2. The zero-order valence-corrected chi connectivity index (χ0v) is 28.3. The van der Waals surface area contributed by atoms with E-state index in [4.69, 9.17) is 19.9 Å². The Bertz CT molecular complexity index is 1870. The first-order valence-electron chi connectivity index (χ1n) is 14.1. The molecule has 0 spiro atoms. The predicted octanol–water partition coefficient (Wildman–Crippen LogP) is 6.68. The van der Waals surface area contributed by atoms with E-state index in [0.29, 0.717) is 29.4 Å². The SMILES string of the molecule is C=CC1=C(C)c2cc3[n-]c(cc4[n-]c(cc5nc(cc1n2)C(C)=C5CC)c(C)c4CCC(=O)O)c(CCC(=O)O)c3C.[Zn+2]. The van der Waals surface area contributed by atoms with Gasteiger partial charge in [-0.25, -0.2) is 9.97 Å². The number of rotatable bonds is 8. The smallest absolute Gasteiger partial charge is 0.657 e. The fourth-order valence-electron chi connectivity index (χ4n) is 5.83. The first-order valence-corrected chi connectivity index (χ1v) is 14.1. The Hall–Kier alpha value is -4.10. The molecular weight excluding hydrogens is 594 g/mol. The Labute approximate surface area is 263 Å². The first-order chi connectivity index (χ1) is 20.0. The third-order valence-electron chi connectivity index (χ3n) is 8.30. The summed E-state index contributed by atoms with van der Waals surface area (Å²) in [7, 11) is 0. The van der Waals surface area contributed by atoms with E-state index >= 15 is 0 Å². The maximum absolute atomic E-state index is 11.5. The fraction of sp³-hybridized carbons (Fsp3) is 0.294. The van der Waals surface area contributed by atoms with Crippen LogP contribution in [0.3, 0.4) is 0 Å². The van der Waals surface area contributed by atoms with Crippen molar-refractivity contribution in [1.82, 2.24) is 19.9 Å². The van der Waals surface area contributed by atoms with Crippen LogP contribution in [0.5, 0.6) is 0 Å². The normalized spacial score (nSPS) is 12.9. The summed E-state index contributed by atoms with van der Waals surface area (Å²) in [6, 6.07) is 7.77. The van der Waals surface area contributed by atoms with Gasteiger partial charge in [0.25, 0.3) is 0 Å². The Kier molecular flexibility index (Phi) is 9.36. The average molecular weight is 628 g/mol. The molecule has 3 aromatic heterocycles. The van der Waals surface area contributed by atoms with E-state index in [0.717, 1.165) is 79.3 Å². The predicted molar refractivity (Wildman–Crippen MR) is 166 cm³/mol. The number of hydrogen-bond donors (Lipinski definition) is 2. The van der Waals surface area contributed by atoms with Crippen molar-refractivity contribution in [2.24, 2.45) is 0 Å². The van der Waals surface area contributed by atoms with Gasteiger partial charge in [-0.1, -0.05) is 60.0 Å². The Morgan fingerprint density at radius 3 is 1.72 bits per heavy atom. The van der Waals surface area contributed by atoms with Crippen molar-refractivity contribution in [3.05, 3.63) is 81.9 Å². The van der Waals surface area contributed by atoms with Crippen LogP contribution in [0.2, 0.25) is 0 Å². The molecule has 9 heteroatoms. The molecule has 2 N–H and O–H groups in total. The molecule has 0 saturated carbocycles. The van der Waals surface area contributed by atoms with Gasteiger partial charge in [0.1, 0.15) is 0 Å². The molecule has 2 aliphatic rings. The van der Waals surface area contributed by atoms with Crippen molar-refractivity contribution in [3.8, 4) is 0 Å². The second-order valence-electron chi connectivity index (χ2n) is 10.8. The quantitative estimate of drug-likeness (QED) is 0.265. The van der Waals surface area contributed by atoms with E-state index in [1.807, 2.05) is 51.1 Å². The minimum absolute atomic E-state index is 0. The maximum Gasteiger partial charge on any atom is 2.00 e. The number of aromatic nitrogens is 4. The molecule has 3 aromatic rings. The summed E-state index contributed by atoms with van der Waals surface area (Å²) in [5.74, 6) is -1.77. The summed E-state index contributed by atoms with van der Waals surface area (Å²) in [6.45, 7) is 14.1. The van der Waals surface area contributed by atoms with Gasteiger partial charge in [0.05, 0.1) is 22.8 Å². The molecule has 0 aromatic carbocycles. The van der Waals surface area contributed by atoms with Crippen LogP contribution in [-0.2, 0) is 41.9 Å². The summed E-state index contributed by atoms with van der Waals surface area (Å²) < 4.78 is 0. The number of hydrogen-bond acceptors (Lipinski definition) is 4. The van der Waals surface area contributed by atoms with Crippen LogP contribution < -0.4 is 9.97 Å². The van der Waals surface area contributed by atoms with Crippen LogP contribution >= 0.6 is 0 Å². The van der Waals surface area contributed by atoms with Crippen LogP contribution in [0.15, 0.2) is 36.9 Å². The monoisotopic (exact) mass is 626 g/mol. The van der Waals surface area contributed by atoms with Crippen LogP contribution in [0.1, 0.15) is 85.1 Å². The van der Waals surface area contributed by atoms with E-state index in [-0.39, 0.29) is 32.3 Å². The van der Waals surface area contributed by atoms with Gasteiger partial charge in [0.15, 0.2) is 0 Å². The number of fused-ring (bicyclic) bond motifs is 8. The molecule has 0 radical (unpaired) electrons. The van der Waals surface area contributed by atoms with Gasteiger partial charge in [-0.05, 0) is 69.7 Å². The van der Waals surface area contributed by atoms with Gasteiger partial charge < -0.3 is 20.2 Å². The summed E-state index contributed by atoms with van der Waals surface area (Å²) in [5.41, 5.74) is 13.4. The van der Waals surface area contributed by atoms with Crippen LogP contribution in [0, 0.1) is 13.8 Å². The maximum atomic E-state index is 11.5. The molecule has 2 aliphatic heterocycles. The minimum Gasteiger partial charge on any atom is -0.657 e. The molecule has 43 heavy (non-hydrogen) atoms. The van der Waals surface area contributed by atoms with Gasteiger partial charge in [-0.15, -0.1) is 22.1 Å². The number of nitrogens with zero attached hydrogens (tertiary/aromatic N) is 4. The van der Waals surface area contributed by atoms with Crippen LogP contribution in [-0.4, -0.2) is 32.1 Å². The Morgan fingerprint density at radius 2 is 1.23 bits per heavy atom. The number of carbonyl (C=O) groups is 2. The Morgan fingerprint density at radius 1 is 0.744 bits per heavy atom. The molecule has 216 valence electrons. The first kappa shape index (κ1) is 31.8. The molecule has 0 atom stereocenters. The van der Waals surface area contributed by atoms with Crippen molar-refractivity contribution in [3.63, 3.8) is 0 Å². The molecular formula is C34H34N4O4Zn. The summed E-state index contributed by atoms with van der Waals surface area (Å²) in [4.78, 5) is 42.9. The van der Waals surface area contributed by atoms with Crippen molar-refractivity contribution in [2.75, 3.05) is 0 Å². The van der Waals surface area contributed by atoms with Gasteiger partial charge >= 0.3 is 31.4 Å². The van der Waals surface area contributed by atoms with Gasteiger partial charge in [0.2, 0.25) is 0 Å². The van der Waals surface area contributed by atoms with E-state index in [1.54, 1.807) is 0 Å². The van der Waals surface area contributed by atoms with Crippen molar-refractivity contribution >= 4 is 56.3 Å². The summed E-state index contributed by atoms with van der Waals surface area (Å²) >= 11 is 0. The van der Waals surface area contributed by atoms with Gasteiger partial charge in [0, 0.05) is 18.4 Å². The largest absolute Gasteiger partial charge is 2.00 e. The molecule has 0 aliphatic carbocycles. The summed E-state index contributed by atoms with van der Waals surface area (Å²) in [5, 5.41) is 18.9. The van der Waals surface area contributed by atoms with Crippen LogP contribution in [0.4, 0.5) is 0 Å². The molecule has 0 unspecified atom stereocenters. The zero-order chi connectivity index (χ0) is 30.3. The van der Waals surface area contributed by atoms with Crippen molar-refractivity contribution in [1.29, 1.82) is 0 Å². The molecule has 5 rings (SSSR count). The van der Waals surface area contributed by atoms with E-state index in [9.17, 15) is 19.8 Å². The minimum atomic E-state index is -0.889. The molecule has 0 amide bonds. The molecule has 8 nitrogen and oxygen atoms in total. The fourth-order valence-corrected chi connectivity index (χ4v) is 5.83. The van der Waals surface area contributed by atoms with E-state index in [2.05, 4.69) is 20.4 Å². The van der Waals surface area contributed by atoms with Gasteiger partial charge in [-0.3, -0.25) is 9.59 Å². The third-order valence-corrected chi connectivity index (χ3v) is 8.30. The molecule has 0 saturated heterocycles. The number of aryl methyl sites for hydroxylation is 4. The topological polar surface area (TPSA) is 129 Å². The number of aliphatic carboxylic acids is 2. The second-order valence-corrected chi connectivity index (χ2v) is 10.8. The van der Waals surface area contributed by atoms with E-state index < -0.39 is 11.9 Å². The average Bonchev–Trinajstić information content (AvgIpc) is 3.59. The van der Waals surface area contributed by atoms with Crippen LogP contribution in [0.25, 0.3) is 44.4 Å². The number of carboxylic acid groups (broad SMARTS) is 2. The number of allylic oxidation sites excluding steroid dienone is 5. The summed E-state index contributed by atoms with van der Waals surface area (Å²) in [6.07, 6.45) is 3.14. The van der Waals surface area contributed by atoms with Gasteiger partial charge in [-0.2, -0.15) is 0 Å². The molecule has 0 fully saturated rings. The molecule has 5 heterocycles. The van der Waals surface area contributed by atoms with Crippen molar-refractivity contribution < 1.29 is 39.3 Å².